The molecule has 2 amide bonds. The van der Waals surface area contributed by atoms with Crippen LogP contribution in [0.4, 0.5) is 0 Å². The molecule has 0 aromatic heterocycles. The van der Waals surface area contributed by atoms with Crippen molar-refractivity contribution < 1.29 is 19.5 Å². The van der Waals surface area contributed by atoms with E-state index in [-0.39, 0.29) is 5.92 Å². The molecule has 8 nitrogen and oxygen atoms in total. The van der Waals surface area contributed by atoms with Crippen molar-refractivity contribution in [3.05, 3.63) is 0 Å². The number of hydrogen-bond donors (Lipinski definition) is 5. The highest BCUT2D eigenvalue weighted by Gasteiger charge is 2.25. The van der Waals surface area contributed by atoms with Gasteiger partial charge in [0.15, 0.2) is 0 Å². The predicted octanol–water partition coefficient (Wildman–Crippen LogP) is -0.827. The van der Waals surface area contributed by atoms with Crippen LogP contribution in [0.1, 0.15) is 40.0 Å². The Hall–Kier alpha value is -1.67. The van der Waals surface area contributed by atoms with E-state index in [0.717, 1.165) is 0 Å². The molecule has 128 valence electrons. The Morgan fingerprint density at radius 1 is 1.05 bits per heavy atom. The Labute approximate surface area is 131 Å². The van der Waals surface area contributed by atoms with Crippen LogP contribution in [-0.2, 0) is 14.4 Å². The van der Waals surface area contributed by atoms with Gasteiger partial charge in [0, 0.05) is 0 Å². The number of carboxylic acids is 1. The van der Waals surface area contributed by atoms with Crippen LogP contribution in [0.3, 0.4) is 0 Å². The molecule has 8 heteroatoms. The molecule has 0 aromatic rings. The third kappa shape index (κ3) is 7.37. The number of carbonyl (C=O) groups excluding carboxylic acids is 2. The van der Waals surface area contributed by atoms with Crippen molar-refractivity contribution in [2.24, 2.45) is 17.4 Å². The summed E-state index contributed by atoms with van der Waals surface area (Å²) in [5.74, 6) is -2.15. The number of unbranched alkanes of at least 4 members (excludes halogenated alkanes) is 1. The molecule has 0 saturated heterocycles. The molecule has 0 fully saturated rings. The first kappa shape index (κ1) is 20.3. The zero-order valence-electron chi connectivity index (χ0n) is 13.5. The monoisotopic (exact) mass is 316 g/mol. The molecule has 3 atom stereocenters. The zero-order chi connectivity index (χ0) is 17.3. The van der Waals surface area contributed by atoms with Crippen LogP contribution in [0, 0.1) is 5.92 Å². The van der Waals surface area contributed by atoms with Crippen LogP contribution in [0.15, 0.2) is 0 Å². The zero-order valence-corrected chi connectivity index (χ0v) is 13.5. The van der Waals surface area contributed by atoms with Gasteiger partial charge in [-0.2, -0.15) is 0 Å². The summed E-state index contributed by atoms with van der Waals surface area (Å²) in [6.07, 6.45) is 1.59. The molecule has 0 heterocycles. The van der Waals surface area contributed by atoms with Gasteiger partial charge in [-0.1, -0.05) is 13.8 Å². The molecule has 7 N–H and O–H groups in total. The van der Waals surface area contributed by atoms with Crippen LogP contribution in [0.5, 0.6) is 0 Å². The maximum atomic E-state index is 12.0. The van der Waals surface area contributed by atoms with E-state index in [4.69, 9.17) is 16.6 Å². The van der Waals surface area contributed by atoms with E-state index in [1.165, 1.54) is 6.92 Å². The van der Waals surface area contributed by atoms with E-state index in [1.54, 1.807) is 13.8 Å². The summed E-state index contributed by atoms with van der Waals surface area (Å²) in [5.41, 5.74) is 11.0. The van der Waals surface area contributed by atoms with Crippen LogP contribution < -0.4 is 22.1 Å². The van der Waals surface area contributed by atoms with Gasteiger partial charge in [-0.25, -0.2) is 4.79 Å². The van der Waals surface area contributed by atoms with E-state index in [9.17, 15) is 14.4 Å². The van der Waals surface area contributed by atoms with Crippen molar-refractivity contribution in [1.29, 1.82) is 0 Å². The number of nitrogens with two attached hydrogens (primary N) is 2. The second-order valence-electron chi connectivity index (χ2n) is 5.68. The third-order valence-corrected chi connectivity index (χ3v) is 3.33. The lowest BCUT2D eigenvalue weighted by molar-refractivity contribution is -0.142. The van der Waals surface area contributed by atoms with Crippen molar-refractivity contribution in [2.45, 2.75) is 58.2 Å². The summed E-state index contributed by atoms with van der Waals surface area (Å²) in [6, 6.07) is -2.55. The van der Waals surface area contributed by atoms with Gasteiger partial charge in [-0.05, 0) is 38.6 Å². The summed E-state index contributed by atoms with van der Waals surface area (Å²) in [6.45, 7) is 5.55. The first-order valence-corrected chi connectivity index (χ1v) is 7.49. The van der Waals surface area contributed by atoms with Crippen LogP contribution in [0.25, 0.3) is 0 Å². The molecular weight excluding hydrogens is 288 g/mol. The number of carbonyl (C=O) groups is 3. The maximum Gasteiger partial charge on any atom is 0.326 e. The highest BCUT2D eigenvalue weighted by molar-refractivity contribution is 5.91. The van der Waals surface area contributed by atoms with E-state index < -0.39 is 35.9 Å². The molecular formula is C14H28N4O4. The Morgan fingerprint density at radius 3 is 2.09 bits per heavy atom. The van der Waals surface area contributed by atoms with E-state index in [2.05, 4.69) is 10.6 Å². The number of rotatable bonds is 10. The fraction of sp³-hybridized carbons (Fsp3) is 0.786. The van der Waals surface area contributed by atoms with Crippen molar-refractivity contribution in [2.75, 3.05) is 6.54 Å². The number of amides is 2. The highest BCUT2D eigenvalue weighted by atomic mass is 16.4. The SMILES string of the molecule is CC(C)[C@H](N)C(=O)N[C@@H](C)C(=O)N[C@@H](CCCCN)C(=O)O. The first-order valence-electron chi connectivity index (χ1n) is 7.49. The molecule has 0 aromatic carbocycles. The summed E-state index contributed by atoms with van der Waals surface area (Å²) in [5, 5.41) is 14.0. The molecule has 0 radical (unpaired) electrons. The molecule has 0 spiro atoms. The molecule has 0 bridgehead atoms. The Kier molecular flexibility index (Phi) is 9.35. The van der Waals surface area contributed by atoms with Crippen LogP contribution in [-0.4, -0.2) is 47.6 Å². The Balaban J connectivity index is 4.47. The minimum absolute atomic E-state index is 0.0571. The minimum atomic E-state index is -1.11. The Bertz CT molecular complexity index is 387. The number of nitrogens with one attached hydrogen (secondary N) is 2. The average molecular weight is 316 g/mol. The second kappa shape index (κ2) is 10.1. The number of hydrogen-bond acceptors (Lipinski definition) is 5. The van der Waals surface area contributed by atoms with Crippen molar-refractivity contribution >= 4 is 17.8 Å². The van der Waals surface area contributed by atoms with Gasteiger partial charge in [-0.15, -0.1) is 0 Å². The maximum absolute atomic E-state index is 12.0. The topological polar surface area (TPSA) is 148 Å². The van der Waals surface area contributed by atoms with Gasteiger partial charge in [-0.3, -0.25) is 9.59 Å². The molecule has 0 saturated carbocycles. The van der Waals surface area contributed by atoms with E-state index >= 15 is 0 Å². The fourth-order valence-electron chi connectivity index (χ4n) is 1.72. The van der Waals surface area contributed by atoms with Gasteiger partial charge >= 0.3 is 5.97 Å². The van der Waals surface area contributed by atoms with Gasteiger partial charge in [0.1, 0.15) is 12.1 Å². The van der Waals surface area contributed by atoms with E-state index in [0.29, 0.717) is 25.8 Å². The average Bonchev–Trinajstić information content (AvgIpc) is 2.44. The second-order valence-corrected chi connectivity index (χ2v) is 5.68. The molecule has 22 heavy (non-hydrogen) atoms. The molecule has 0 aliphatic rings. The summed E-state index contributed by atoms with van der Waals surface area (Å²) in [7, 11) is 0. The molecule has 0 aliphatic heterocycles. The normalized spacial score (nSPS) is 15.0. The lowest BCUT2D eigenvalue weighted by atomic mass is 10.0. The quantitative estimate of drug-likeness (QED) is 0.332. The summed E-state index contributed by atoms with van der Waals surface area (Å²) >= 11 is 0. The van der Waals surface area contributed by atoms with Gasteiger partial charge in [0.25, 0.3) is 0 Å². The summed E-state index contributed by atoms with van der Waals surface area (Å²) < 4.78 is 0. The van der Waals surface area contributed by atoms with Crippen LogP contribution >= 0.6 is 0 Å². The van der Waals surface area contributed by atoms with Gasteiger partial charge < -0.3 is 27.2 Å². The van der Waals surface area contributed by atoms with Crippen molar-refractivity contribution in [3.63, 3.8) is 0 Å². The first-order chi connectivity index (χ1) is 10.2. The number of aliphatic carboxylic acids is 1. The van der Waals surface area contributed by atoms with Gasteiger partial charge in [0.05, 0.1) is 6.04 Å². The van der Waals surface area contributed by atoms with Crippen molar-refractivity contribution in [1.82, 2.24) is 10.6 Å². The summed E-state index contributed by atoms with van der Waals surface area (Å²) in [4.78, 5) is 34.9. The highest BCUT2D eigenvalue weighted by Crippen LogP contribution is 2.02. The van der Waals surface area contributed by atoms with Gasteiger partial charge in [0.2, 0.25) is 11.8 Å². The molecule has 0 unspecified atom stereocenters. The Morgan fingerprint density at radius 2 is 1.64 bits per heavy atom. The fourth-order valence-corrected chi connectivity index (χ4v) is 1.72. The van der Waals surface area contributed by atoms with Crippen LogP contribution in [0.2, 0.25) is 0 Å². The van der Waals surface area contributed by atoms with E-state index in [1.807, 2.05) is 0 Å². The number of carboxylic acid groups (broad SMARTS) is 1. The largest absolute Gasteiger partial charge is 0.480 e. The standard InChI is InChI=1S/C14H28N4O4/c1-8(2)11(16)13(20)17-9(3)12(19)18-10(14(21)22)6-4-5-7-15/h8-11H,4-7,15-16H2,1-3H3,(H,17,20)(H,18,19)(H,21,22)/t9-,10-,11-/m0/s1. The smallest absolute Gasteiger partial charge is 0.326 e. The lowest BCUT2D eigenvalue weighted by Gasteiger charge is -2.21. The predicted molar refractivity (Wildman–Crippen MR) is 82.9 cm³/mol. The third-order valence-electron chi connectivity index (χ3n) is 3.33. The lowest BCUT2D eigenvalue weighted by Crippen LogP contribution is -2.54. The minimum Gasteiger partial charge on any atom is -0.480 e. The van der Waals surface area contributed by atoms with Crippen molar-refractivity contribution in [3.8, 4) is 0 Å². The molecule has 0 rings (SSSR count). The molecule has 0 aliphatic carbocycles.